The molecule has 2 amide bonds. The molecule has 2 aliphatic carbocycles. The van der Waals surface area contributed by atoms with E-state index in [0.717, 1.165) is 60.1 Å². The van der Waals surface area contributed by atoms with Crippen molar-refractivity contribution in [2.24, 2.45) is 5.92 Å². The fraction of sp³-hybridized carbons (Fsp3) is 0.462. The summed E-state index contributed by atoms with van der Waals surface area (Å²) >= 11 is 1.59. The first-order chi connectivity index (χ1) is 16.9. The molecule has 0 saturated heterocycles. The topological polar surface area (TPSA) is 108 Å². The molecule has 1 aromatic carbocycles. The largest absolute Gasteiger partial charge is 0.382 e. The first-order valence-electron chi connectivity index (χ1n) is 12.4. The summed E-state index contributed by atoms with van der Waals surface area (Å²) in [5.74, 6) is 0.778. The maximum Gasteiger partial charge on any atom is 0.255 e. The lowest BCUT2D eigenvalue weighted by molar-refractivity contribution is -0.126. The molecule has 0 unspecified atom stereocenters. The van der Waals surface area contributed by atoms with Gasteiger partial charge in [-0.2, -0.15) is 0 Å². The van der Waals surface area contributed by atoms with E-state index in [1.165, 1.54) is 0 Å². The second-order valence-corrected chi connectivity index (χ2v) is 10.8. The summed E-state index contributed by atoms with van der Waals surface area (Å²) in [6, 6.07) is 8.51. The van der Waals surface area contributed by atoms with Crippen molar-refractivity contribution in [2.45, 2.75) is 70.5 Å². The third kappa shape index (κ3) is 5.90. The van der Waals surface area contributed by atoms with Crippen molar-refractivity contribution in [1.82, 2.24) is 20.6 Å². The first kappa shape index (κ1) is 23.5. The minimum atomic E-state index is -0.135. The molecule has 2 saturated carbocycles. The van der Waals surface area contributed by atoms with Crippen molar-refractivity contribution < 1.29 is 9.59 Å². The van der Waals surface area contributed by atoms with Crippen molar-refractivity contribution in [3.63, 3.8) is 0 Å². The van der Waals surface area contributed by atoms with E-state index in [-0.39, 0.29) is 29.8 Å². The Balaban J connectivity index is 1.24. The van der Waals surface area contributed by atoms with E-state index in [0.29, 0.717) is 17.4 Å². The number of hydrogen-bond donors (Lipinski definition) is 4. The number of benzene rings is 1. The number of aromatic nitrogens is 2. The lowest BCUT2D eigenvalue weighted by atomic mass is 9.85. The van der Waals surface area contributed by atoms with Crippen LogP contribution in [0.15, 0.2) is 36.0 Å². The lowest BCUT2D eigenvalue weighted by Crippen LogP contribution is -2.41. The van der Waals surface area contributed by atoms with E-state index in [2.05, 4.69) is 31.2 Å². The number of pyridine rings is 1. The Morgan fingerprint density at radius 2 is 1.71 bits per heavy atom. The van der Waals surface area contributed by atoms with E-state index in [4.69, 9.17) is 0 Å². The normalized spacial score (nSPS) is 20.0. The predicted molar refractivity (Wildman–Crippen MR) is 140 cm³/mol. The number of amides is 2. The molecule has 35 heavy (non-hydrogen) atoms. The second-order valence-electron chi connectivity index (χ2n) is 9.88. The van der Waals surface area contributed by atoms with Crippen LogP contribution in [0.1, 0.15) is 62.7 Å². The first-order valence-corrected chi connectivity index (χ1v) is 13.3. The molecule has 5 rings (SSSR count). The van der Waals surface area contributed by atoms with E-state index >= 15 is 0 Å². The summed E-state index contributed by atoms with van der Waals surface area (Å²) in [5, 5.41) is 13.0. The molecule has 9 heteroatoms. The Bertz CT molecular complexity index is 1210. The monoisotopic (exact) mass is 492 g/mol. The number of nitrogens with one attached hydrogen (secondary N) is 4. The van der Waals surface area contributed by atoms with Crippen molar-refractivity contribution in [2.75, 3.05) is 10.6 Å². The van der Waals surface area contributed by atoms with E-state index < -0.39 is 0 Å². The molecule has 4 N–H and O–H groups in total. The van der Waals surface area contributed by atoms with Gasteiger partial charge < -0.3 is 21.3 Å². The van der Waals surface area contributed by atoms with Gasteiger partial charge in [0.1, 0.15) is 5.82 Å². The fourth-order valence-electron chi connectivity index (χ4n) is 4.53. The number of carbonyl (C=O) groups is 2. The summed E-state index contributed by atoms with van der Waals surface area (Å²) in [4.78, 5) is 34.3. The lowest BCUT2D eigenvalue weighted by Gasteiger charge is -2.28. The summed E-state index contributed by atoms with van der Waals surface area (Å²) in [7, 11) is 0. The molecular weight excluding hydrogens is 460 g/mol. The zero-order valence-corrected chi connectivity index (χ0v) is 21.0. The molecule has 0 radical (unpaired) electrons. The molecule has 2 heterocycles. The van der Waals surface area contributed by atoms with Crippen LogP contribution >= 0.6 is 11.3 Å². The fourth-order valence-corrected chi connectivity index (χ4v) is 5.24. The molecule has 2 aromatic heterocycles. The van der Waals surface area contributed by atoms with Crippen molar-refractivity contribution in [3.8, 4) is 0 Å². The van der Waals surface area contributed by atoms with Crippen LogP contribution in [-0.4, -0.2) is 39.9 Å². The highest BCUT2D eigenvalue weighted by atomic mass is 32.1. The highest BCUT2D eigenvalue weighted by Gasteiger charge is 2.31. The maximum absolute atomic E-state index is 13.2. The average molecular weight is 493 g/mol. The van der Waals surface area contributed by atoms with Crippen LogP contribution in [0.2, 0.25) is 0 Å². The van der Waals surface area contributed by atoms with Gasteiger partial charge in [0, 0.05) is 42.0 Å². The number of carbonyl (C=O) groups excluding carboxylic acids is 2. The number of nitrogens with zero attached hydrogens (tertiary/aromatic N) is 2. The van der Waals surface area contributed by atoms with E-state index in [1.807, 2.05) is 43.6 Å². The van der Waals surface area contributed by atoms with Gasteiger partial charge in [0.25, 0.3) is 5.91 Å². The van der Waals surface area contributed by atoms with Crippen LogP contribution in [0.4, 0.5) is 17.2 Å². The summed E-state index contributed by atoms with van der Waals surface area (Å²) in [6.45, 7) is 4.09. The standard InChI is InChI=1S/C26H32N6O2S/c1-15(2)29-22-12-24(30-19-9-10-21-23(11-19)35-14-28-21)27-13-20(22)26(34)32-17-5-3-16(4-6-17)25(33)31-18-7-8-18/h9-18H,3-8H2,1-2H3,(H,31,33)(H,32,34)(H2,27,29,30). The molecule has 0 aliphatic heterocycles. The Morgan fingerprint density at radius 1 is 0.971 bits per heavy atom. The number of rotatable bonds is 8. The third-order valence-corrected chi connectivity index (χ3v) is 7.35. The van der Waals surface area contributed by atoms with Gasteiger partial charge in [-0.15, -0.1) is 11.3 Å². The average Bonchev–Trinajstić information content (AvgIpc) is 3.52. The van der Waals surface area contributed by atoms with Gasteiger partial charge >= 0.3 is 0 Å². The molecule has 2 fully saturated rings. The van der Waals surface area contributed by atoms with Crippen LogP contribution in [-0.2, 0) is 4.79 Å². The number of thiazole rings is 1. The quantitative estimate of drug-likeness (QED) is 0.359. The van der Waals surface area contributed by atoms with Gasteiger partial charge in [-0.05, 0) is 70.6 Å². The van der Waals surface area contributed by atoms with Crippen molar-refractivity contribution in [3.05, 3.63) is 41.5 Å². The maximum atomic E-state index is 13.2. The van der Waals surface area contributed by atoms with Crippen LogP contribution < -0.4 is 21.3 Å². The minimum absolute atomic E-state index is 0.0677. The molecule has 0 spiro atoms. The number of fused-ring (bicyclic) bond motifs is 1. The summed E-state index contributed by atoms with van der Waals surface area (Å²) < 4.78 is 1.10. The SMILES string of the molecule is CC(C)Nc1cc(Nc2ccc3ncsc3c2)ncc1C(=O)NC1CCC(C(=O)NC2CC2)CC1. The van der Waals surface area contributed by atoms with Gasteiger partial charge in [0.05, 0.1) is 27.0 Å². The molecular formula is C26H32N6O2S. The van der Waals surface area contributed by atoms with Crippen LogP contribution in [0.3, 0.4) is 0 Å². The Morgan fingerprint density at radius 3 is 2.46 bits per heavy atom. The van der Waals surface area contributed by atoms with Crippen LogP contribution in [0.25, 0.3) is 10.2 Å². The third-order valence-electron chi connectivity index (χ3n) is 6.55. The molecule has 3 aromatic rings. The van der Waals surface area contributed by atoms with Gasteiger partial charge in [-0.1, -0.05) is 0 Å². The Labute approximate surface area is 209 Å². The van der Waals surface area contributed by atoms with Gasteiger partial charge in [0.2, 0.25) is 5.91 Å². The van der Waals surface area contributed by atoms with Gasteiger partial charge in [-0.25, -0.2) is 9.97 Å². The molecule has 0 atom stereocenters. The van der Waals surface area contributed by atoms with E-state index in [1.54, 1.807) is 17.5 Å². The Hall–Kier alpha value is -3.20. The zero-order chi connectivity index (χ0) is 24.4. The van der Waals surface area contributed by atoms with Gasteiger partial charge in [-0.3, -0.25) is 9.59 Å². The van der Waals surface area contributed by atoms with Crippen molar-refractivity contribution in [1.29, 1.82) is 0 Å². The predicted octanol–water partition coefficient (Wildman–Crippen LogP) is 4.82. The van der Waals surface area contributed by atoms with Crippen LogP contribution in [0, 0.1) is 5.92 Å². The zero-order valence-electron chi connectivity index (χ0n) is 20.1. The molecule has 8 nitrogen and oxygen atoms in total. The Kier molecular flexibility index (Phi) is 6.86. The highest BCUT2D eigenvalue weighted by Crippen LogP contribution is 2.29. The number of hydrogen-bond acceptors (Lipinski definition) is 7. The van der Waals surface area contributed by atoms with E-state index in [9.17, 15) is 9.59 Å². The highest BCUT2D eigenvalue weighted by molar-refractivity contribution is 7.16. The van der Waals surface area contributed by atoms with Gasteiger partial charge in [0.15, 0.2) is 0 Å². The minimum Gasteiger partial charge on any atom is -0.382 e. The van der Waals surface area contributed by atoms with Crippen molar-refractivity contribution >= 4 is 50.6 Å². The summed E-state index contributed by atoms with van der Waals surface area (Å²) in [5.41, 5.74) is 4.99. The second kappa shape index (κ2) is 10.2. The summed E-state index contributed by atoms with van der Waals surface area (Å²) in [6.07, 6.45) is 7.09. The smallest absolute Gasteiger partial charge is 0.255 e. The number of anilines is 3. The molecule has 0 bridgehead atoms. The molecule has 184 valence electrons. The van der Waals surface area contributed by atoms with Crippen LogP contribution in [0.5, 0.6) is 0 Å². The molecule has 2 aliphatic rings.